The van der Waals surface area contributed by atoms with Crippen molar-refractivity contribution >= 4 is 23.5 Å². The molecule has 120 valence electrons. The lowest BCUT2D eigenvalue weighted by molar-refractivity contribution is -0.144. The zero-order chi connectivity index (χ0) is 16.4. The number of carbonyl (C=O) groups is 2. The molecule has 1 aliphatic heterocycles. The van der Waals surface area contributed by atoms with Gasteiger partial charge in [0.2, 0.25) is 0 Å². The molecule has 0 radical (unpaired) electrons. The molecule has 1 amide bonds. The third-order valence-corrected chi connectivity index (χ3v) is 3.60. The van der Waals surface area contributed by atoms with E-state index in [1.165, 1.54) is 12.0 Å². The van der Waals surface area contributed by atoms with Gasteiger partial charge in [0.1, 0.15) is 11.9 Å². The number of nitrogens with zero attached hydrogens (tertiary/aromatic N) is 2. The molecule has 0 saturated carbocycles. The Balaban J connectivity index is 2.55. The Morgan fingerprint density at radius 2 is 2.18 bits per heavy atom. The van der Waals surface area contributed by atoms with Crippen LogP contribution in [-0.2, 0) is 14.3 Å². The molecule has 0 fully saturated rings. The molecule has 1 aromatic rings. The number of hydrogen-bond donors (Lipinski definition) is 1. The van der Waals surface area contributed by atoms with E-state index in [4.69, 9.17) is 15.2 Å². The summed E-state index contributed by atoms with van der Waals surface area (Å²) in [6.07, 6.45) is -0.268. The lowest BCUT2D eigenvalue weighted by Crippen LogP contribution is -2.55. The summed E-state index contributed by atoms with van der Waals surface area (Å²) in [4.78, 5) is 30.3. The standard InChI is InChI=1S/C15H21N3O4/c1-5-9(15(20)21-4)18-13-10(6-7-11(16)17-13)22-12(8(2)3)14(18)19/h6-9,12H,5H2,1-4H3,(H2,16,17). The number of nitrogen functional groups attached to an aromatic ring is 1. The fourth-order valence-electron chi connectivity index (χ4n) is 2.46. The number of nitrogens with two attached hydrogens (primary N) is 1. The van der Waals surface area contributed by atoms with E-state index in [2.05, 4.69) is 4.98 Å². The van der Waals surface area contributed by atoms with E-state index >= 15 is 0 Å². The second-order valence-corrected chi connectivity index (χ2v) is 5.50. The van der Waals surface area contributed by atoms with Crippen LogP contribution in [0.15, 0.2) is 12.1 Å². The van der Waals surface area contributed by atoms with Gasteiger partial charge >= 0.3 is 5.97 Å². The Labute approximate surface area is 129 Å². The molecule has 2 heterocycles. The minimum Gasteiger partial charge on any atom is -0.476 e. The molecular weight excluding hydrogens is 286 g/mol. The van der Waals surface area contributed by atoms with Gasteiger partial charge in [0.15, 0.2) is 17.7 Å². The number of aromatic nitrogens is 1. The molecule has 0 saturated heterocycles. The minimum atomic E-state index is -0.754. The Kier molecular flexibility index (Phi) is 4.54. The maximum Gasteiger partial charge on any atom is 0.329 e. The van der Waals surface area contributed by atoms with Crippen molar-refractivity contribution in [1.82, 2.24) is 4.98 Å². The highest BCUT2D eigenvalue weighted by Crippen LogP contribution is 2.36. The van der Waals surface area contributed by atoms with Crippen LogP contribution in [0.2, 0.25) is 0 Å². The number of hydrogen-bond acceptors (Lipinski definition) is 6. The largest absolute Gasteiger partial charge is 0.476 e. The third kappa shape index (κ3) is 2.70. The molecule has 1 aliphatic rings. The molecule has 0 bridgehead atoms. The fourth-order valence-corrected chi connectivity index (χ4v) is 2.46. The van der Waals surface area contributed by atoms with Crippen molar-refractivity contribution in [3.8, 4) is 5.75 Å². The first kappa shape index (κ1) is 16.1. The van der Waals surface area contributed by atoms with Crippen LogP contribution in [0, 0.1) is 5.92 Å². The Morgan fingerprint density at radius 1 is 1.50 bits per heavy atom. The first-order valence-corrected chi connectivity index (χ1v) is 7.24. The van der Waals surface area contributed by atoms with Gasteiger partial charge in [-0.05, 0) is 24.5 Å². The van der Waals surface area contributed by atoms with Gasteiger partial charge in [-0.3, -0.25) is 9.69 Å². The molecule has 0 aromatic carbocycles. The van der Waals surface area contributed by atoms with Crippen molar-refractivity contribution in [2.24, 2.45) is 5.92 Å². The second-order valence-electron chi connectivity index (χ2n) is 5.50. The summed E-state index contributed by atoms with van der Waals surface area (Å²) in [5, 5.41) is 0. The van der Waals surface area contributed by atoms with Crippen LogP contribution in [0.3, 0.4) is 0 Å². The van der Waals surface area contributed by atoms with Crippen molar-refractivity contribution in [2.75, 3.05) is 17.7 Å². The van der Waals surface area contributed by atoms with Crippen LogP contribution in [-0.4, -0.2) is 36.1 Å². The van der Waals surface area contributed by atoms with Gasteiger partial charge in [-0.15, -0.1) is 0 Å². The van der Waals surface area contributed by atoms with E-state index < -0.39 is 18.1 Å². The van der Waals surface area contributed by atoms with Crippen LogP contribution >= 0.6 is 0 Å². The van der Waals surface area contributed by atoms with E-state index in [0.29, 0.717) is 12.2 Å². The van der Waals surface area contributed by atoms with Crippen molar-refractivity contribution < 1.29 is 19.1 Å². The summed E-state index contributed by atoms with van der Waals surface area (Å²) in [7, 11) is 1.30. The number of amides is 1. The smallest absolute Gasteiger partial charge is 0.329 e. The van der Waals surface area contributed by atoms with E-state index in [1.54, 1.807) is 19.1 Å². The lowest BCUT2D eigenvalue weighted by Gasteiger charge is -2.38. The number of fused-ring (bicyclic) bond motifs is 1. The highest BCUT2D eigenvalue weighted by molar-refractivity contribution is 6.04. The number of rotatable bonds is 4. The number of anilines is 2. The Morgan fingerprint density at radius 3 is 2.73 bits per heavy atom. The van der Waals surface area contributed by atoms with Crippen LogP contribution in [0.1, 0.15) is 27.2 Å². The summed E-state index contributed by atoms with van der Waals surface area (Å²) in [5.74, 6) is 0.112. The molecule has 7 nitrogen and oxygen atoms in total. The van der Waals surface area contributed by atoms with Gasteiger partial charge < -0.3 is 15.2 Å². The normalized spacial score (nSPS) is 18.7. The highest BCUT2D eigenvalue weighted by atomic mass is 16.5. The Hall–Kier alpha value is -2.31. The van der Waals surface area contributed by atoms with Crippen molar-refractivity contribution in [3.05, 3.63) is 12.1 Å². The van der Waals surface area contributed by atoms with Crippen LogP contribution in [0.25, 0.3) is 0 Å². The van der Waals surface area contributed by atoms with Crippen LogP contribution in [0.5, 0.6) is 5.75 Å². The lowest BCUT2D eigenvalue weighted by atomic mass is 10.0. The maximum absolute atomic E-state index is 12.8. The SMILES string of the molecule is CCC(C(=O)OC)N1C(=O)C(C(C)C)Oc2ccc(N)nc21. The molecule has 2 N–H and O–H groups in total. The molecule has 0 spiro atoms. The average Bonchev–Trinajstić information content (AvgIpc) is 2.49. The Bertz CT molecular complexity index is 588. The van der Waals surface area contributed by atoms with Gasteiger partial charge in [-0.1, -0.05) is 20.8 Å². The van der Waals surface area contributed by atoms with Crippen LogP contribution < -0.4 is 15.4 Å². The monoisotopic (exact) mass is 307 g/mol. The highest BCUT2D eigenvalue weighted by Gasteiger charge is 2.43. The van der Waals surface area contributed by atoms with E-state index in [0.717, 1.165) is 0 Å². The number of pyridine rings is 1. The predicted molar refractivity (Wildman–Crippen MR) is 81.5 cm³/mol. The molecule has 22 heavy (non-hydrogen) atoms. The fraction of sp³-hybridized carbons (Fsp3) is 0.533. The molecule has 1 aromatic heterocycles. The molecule has 7 heteroatoms. The average molecular weight is 307 g/mol. The molecule has 0 aliphatic carbocycles. The maximum atomic E-state index is 12.8. The minimum absolute atomic E-state index is 0.0455. The zero-order valence-electron chi connectivity index (χ0n) is 13.2. The molecule has 2 unspecified atom stereocenters. The number of esters is 1. The van der Waals surface area contributed by atoms with E-state index in [9.17, 15) is 9.59 Å². The second kappa shape index (κ2) is 6.21. The number of carbonyl (C=O) groups excluding carboxylic acids is 2. The van der Waals surface area contributed by atoms with Gasteiger partial charge in [0.05, 0.1) is 7.11 Å². The predicted octanol–water partition coefficient (Wildman–Crippen LogP) is 1.37. The number of ether oxygens (including phenoxy) is 2. The number of methoxy groups -OCH3 is 1. The summed E-state index contributed by atoms with van der Waals surface area (Å²) in [6.45, 7) is 5.58. The molecule has 2 atom stereocenters. The third-order valence-electron chi connectivity index (χ3n) is 3.60. The van der Waals surface area contributed by atoms with E-state index in [-0.39, 0.29) is 23.5 Å². The van der Waals surface area contributed by atoms with Gasteiger partial charge in [0, 0.05) is 0 Å². The summed E-state index contributed by atoms with van der Waals surface area (Å²) >= 11 is 0. The molecular formula is C15H21N3O4. The first-order chi connectivity index (χ1) is 10.4. The van der Waals surface area contributed by atoms with Gasteiger partial charge in [-0.25, -0.2) is 9.78 Å². The van der Waals surface area contributed by atoms with Crippen LogP contribution in [0.4, 0.5) is 11.6 Å². The summed E-state index contributed by atoms with van der Waals surface area (Å²) in [5.41, 5.74) is 5.71. The first-order valence-electron chi connectivity index (χ1n) is 7.24. The van der Waals surface area contributed by atoms with Gasteiger partial charge in [0.25, 0.3) is 5.91 Å². The van der Waals surface area contributed by atoms with Gasteiger partial charge in [-0.2, -0.15) is 0 Å². The topological polar surface area (TPSA) is 94.8 Å². The zero-order valence-corrected chi connectivity index (χ0v) is 13.2. The summed E-state index contributed by atoms with van der Waals surface area (Å²) in [6, 6.07) is 2.51. The van der Waals surface area contributed by atoms with Crippen molar-refractivity contribution in [2.45, 2.75) is 39.3 Å². The van der Waals surface area contributed by atoms with E-state index in [1.807, 2.05) is 13.8 Å². The quantitative estimate of drug-likeness (QED) is 0.844. The molecule has 2 rings (SSSR count). The van der Waals surface area contributed by atoms with Crippen molar-refractivity contribution in [3.63, 3.8) is 0 Å². The summed E-state index contributed by atoms with van der Waals surface area (Å²) < 4.78 is 10.6. The van der Waals surface area contributed by atoms with Crippen molar-refractivity contribution in [1.29, 1.82) is 0 Å².